The molecule has 0 N–H and O–H groups in total. The van der Waals surface area contributed by atoms with Crippen molar-refractivity contribution >= 4 is 15.5 Å². The number of hydrogen-bond acceptors (Lipinski definition) is 4. The molecule has 2 aromatic rings. The number of non-ortho nitro benzene ring substituents is 1. The van der Waals surface area contributed by atoms with E-state index in [0.29, 0.717) is 0 Å². The van der Waals surface area contributed by atoms with Crippen LogP contribution in [-0.4, -0.2) is 13.3 Å². The summed E-state index contributed by atoms with van der Waals surface area (Å²) in [5, 5.41) is 10.6. The van der Waals surface area contributed by atoms with Crippen LogP contribution in [-0.2, 0) is 9.84 Å². The molecule has 0 atom stereocenters. The minimum atomic E-state index is -3.65. The Balaban J connectivity index is 2.51. The lowest BCUT2D eigenvalue weighted by Gasteiger charge is -2.07. The predicted octanol–water partition coefficient (Wildman–Crippen LogP) is 3.04. The van der Waals surface area contributed by atoms with Crippen LogP contribution in [0.15, 0.2) is 52.3 Å². The van der Waals surface area contributed by atoms with Crippen molar-refractivity contribution in [1.82, 2.24) is 0 Å². The molecule has 104 valence electrons. The molecule has 2 rings (SSSR count). The summed E-state index contributed by atoms with van der Waals surface area (Å²) in [5.41, 5.74) is 1.57. The highest BCUT2D eigenvalue weighted by Crippen LogP contribution is 2.24. The molecular weight excluding hydrogens is 278 g/mol. The number of aryl methyl sites for hydroxylation is 2. The van der Waals surface area contributed by atoms with Gasteiger partial charge in [-0.05, 0) is 49.2 Å². The number of hydrogen-bond donors (Lipinski definition) is 0. The summed E-state index contributed by atoms with van der Waals surface area (Å²) in [4.78, 5) is 10.3. The first kappa shape index (κ1) is 14.2. The number of benzene rings is 2. The minimum Gasteiger partial charge on any atom is -0.258 e. The van der Waals surface area contributed by atoms with Gasteiger partial charge in [0.25, 0.3) is 5.69 Å². The molecule has 0 aliphatic carbocycles. The maximum Gasteiger partial charge on any atom is 0.269 e. The fourth-order valence-electron chi connectivity index (χ4n) is 1.97. The van der Waals surface area contributed by atoms with Crippen molar-refractivity contribution in [2.24, 2.45) is 0 Å². The average Bonchev–Trinajstić information content (AvgIpc) is 2.37. The van der Waals surface area contributed by atoms with Crippen molar-refractivity contribution < 1.29 is 13.3 Å². The average molecular weight is 291 g/mol. The molecule has 0 radical (unpaired) electrons. The lowest BCUT2D eigenvalue weighted by atomic mass is 10.2. The molecule has 2 aromatic carbocycles. The van der Waals surface area contributed by atoms with Gasteiger partial charge >= 0.3 is 0 Å². The summed E-state index contributed by atoms with van der Waals surface area (Å²) in [6, 6.07) is 9.95. The van der Waals surface area contributed by atoms with Crippen LogP contribution in [0.3, 0.4) is 0 Å². The number of rotatable bonds is 3. The van der Waals surface area contributed by atoms with Crippen LogP contribution in [0.25, 0.3) is 0 Å². The van der Waals surface area contributed by atoms with Gasteiger partial charge < -0.3 is 0 Å². The monoisotopic (exact) mass is 291 g/mol. The van der Waals surface area contributed by atoms with Crippen LogP contribution >= 0.6 is 0 Å². The van der Waals surface area contributed by atoms with Gasteiger partial charge in [-0.2, -0.15) is 0 Å². The van der Waals surface area contributed by atoms with Gasteiger partial charge in [0, 0.05) is 12.1 Å². The second kappa shape index (κ2) is 5.05. The van der Waals surface area contributed by atoms with Crippen molar-refractivity contribution in [2.45, 2.75) is 23.6 Å². The first-order chi connectivity index (χ1) is 9.30. The normalized spacial score (nSPS) is 11.3. The predicted molar refractivity (Wildman–Crippen MR) is 74.5 cm³/mol. The van der Waals surface area contributed by atoms with Gasteiger partial charge in [-0.1, -0.05) is 6.07 Å². The van der Waals surface area contributed by atoms with E-state index >= 15 is 0 Å². The second-order valence-corrected chi connectivity index (χ2v) is 6.53. The highest BCUT2D eigenvalue weighted by atomic mass is 32.2. The Kier molecular flexibility index (Phi) is 3.59. The zero-order valence-corrected chi connectivity index (χ0v) is 11.8. The molecule has 0 fully saturated rings. The third kappa shape index (κ3) is 2.70. The summed E-state index contributed by atoms with van der Waals surface area (Å²) < 4.78 is 24.9. The summed E-state index contributed by atoms with van der Waals surface area (Å²) >= 11 is 0. The Morgan fingerprint density at radius 3 is 1.85 bits per heavy atom. The van der Waals surface area contributed by atoms with Crippen molar-refractivity contribution in [2.75, 3.05) is 0 Å². The molecule has 0 amide bonds. The van der Waals surface area contributed by atoms with Crippen molar-refractivity contribution in [3.05, 3.63) is 63.7 Å². The molecule has 0 bridgehead atoms. The SMILES string of the molecule is Cc1cc(C)cc(S(=O)(=O)c2ccc([N+](=O)[O-])cc2)c1. The summed E-state index contributed by atoms with van der Waals surface area (Å²) in [7, 11) is -3.65. The number of nitrogens with zero attached hydrogens (tertiary/aromatic N) is 1. The molecule has 0 spiro atoms. The lowest BCUT2D eigenvalue weighted by Crippen LogP contribution is -2.03. The highest BCUT2D eigenvalue weighted by Gasteiger charge is 2.19. The van der Waals surface area contributed by atoms with E-state index in [1.165, 1.54) is 24.3 Å². The van der Waals surface area contributed by atoms with E-state index in [1.54, 1.807) is 12.1 Å². The maximum absolute atomic E-state index is 12.4. The van der Waals surface area contributed by atoms with Crippen LogP contribution in [0.4, 0.5) is 5.69 Å². The third-order valence-corrected chi connectivity index (χ3v) is 4.61. The topological polar surface area (TPSA) is 77.3 Å². The number of nitro benzene ring substituents is 1. The van der Waals surface area contributed by atoms with E-state index in [-0.39, 0.29) is 15.5 Å². The van der Waals surface area contributed by atoms with Crippen LogP contribution in [0, 0.1) is 24.0 Å². The fraction of sp³-hybridized carbons (Fsp3) is 0.143. The Bertz CT molecular complexity index is 744. The van der Waals surface area contributed by atoms with E-state index in [0.717, 1.165) is 11.1 Å². The standard InChI is InChI=1S/C14H13NO4S/c1-10-7-11(2)9-14(8-10)20(18,19)13-5-3-12(4-6-13)15(16)17/h3-9H,1-2H3. The first-order valence-corrected chi connectivity index (χ1v) is 7.37. The molecular formula is C14H13NO4S. The second-order valence-electron chi connectivity index (χ2n) is 4.58. The van der Waals surface area contributed by atoms with Crippen LogP contribution < -0.4 is 0 Å². The minimum absolute atomic E-state index is 0.0492. The Morgan fingerprint density at radius 2 is 1.40 bits per heavy atom. The van der Waals surface area contributed by atoms with Gasteiger partial charge in [0.1, 0.15) is 0 Å². The third-order valence-electron chi connectivity index (χ3n) is 2.86. The smallest absolute Gasteiger partial charge is 0.258 e. The van der Waals surface area contributed by atoms with Gasteiger partial charge in [0.15, 0.2) is 0 Å². The number of sulfone groups is 1. The van der Waals surface area contributed by atoms with Gasteiger partial charge in [-0.25, -0.2) is 8.42 Å². The zero-order valence-electron chi connectivity index (χ0n) is 11.0. The van der Waals surface area contributed by atoms with Crippen molar-refractivity contribution in [1.29, 1.82) is 0 Å². The van der Waals surface area contributed by atoms with Crippen molar-refractivity contribution in [3.8, 4) is 0 Å². The molecule has 0 saturated carbocycles. The highest BCUT2D eigenvalue weighted by molar-refractivity contribution is 7.91. The van der Waals surface area contributed by atoms with Gasteiger partial charge in [-0.3, -0.25) is 10.1 Å². The van der Waals surface area contributed by atoms with E-state index < -0.39 is 14.8 Å². The van der Waals surface area contributed by atoms with Crippen LogP contribution in [0.1, 0.15) is 11.1 Å². The molecule has 5 nitrogen and oxygen atoms in total. The lowest BCUT2D eigenvalue weighted by molar-refractivity contribution is -0.384. The summed E-state index contributed by atoms with van der Waals surface area (Å²) in [6.07, 6.45) is 0. The molecule has 0 aromatic heterocycles. The van der Waals surface area contributed by atoms with Gasteiger partial charge in [0.2, 0.25) is 9.84 Å². The largest absolute Gasteiger partial charge is 0.269 e. The molecule has 20 heavy (non-hydrogen) atoms. The molecule has 0 unspecified atom stereocenters. The Hall–Kier alpha value is -2.21. The molecule has 6 heteroatoms. The van der Waals surface area contributed by atoms with Crippen LogP contribution in [0.2, 0.25) is 0 Å². The fourth-order valence-corrected chi connectivity index (χ4v) is 3.42. The van der Waals surface area contributed by atoms with E-state index in [2.05, 4.69) is 0 Å². The van der Waals surface area contributed by atoms with Gasteiger partial charge in [0.05, 0.1) is 14.7 Å². The summed E-state index contributed by atoms with van der Waals surface area (Å²) in [6.45, 7) is 3.64. The Labute approximate surface area is 116 Å². The van der Waals surface area contributed by atoms with E-state index in [1.807, 2.05) is 19.9 Å². The van der Waals surface area contributed by atoms with E-state index in [9.17, 15) is 18.5 Å². The molecule has 0 aliphatic rings. The summed E-state index contributed by atoms with van der Waals surface area (Å²) in [5.74, 6) is 0. The molecule has 0 aliphatic heterocycles. The molecule has 0 heterocycles. The van der Waals surface area contributed by atoms with Crippen LogP contribution in [0.5, 0.6) is 0 Å². The molecule has 0 saturated heterocycles. The van der Waals surface area contributed by atoms with Gasteiger partial charge in [-0.15, -0.1) is 0 Å². The van der Waals surface area contributed by atoms with Crippen molar-refractivity contribution in [3.63, 3.8) is 0 Å². The Morgan fingerprint density at radius 1 is 0.900 bits per heavy atom. The van der Waals surface area contributed by atoms with E-state index in [4.69, 9.17) is 0 Å². The maximum atomic E-state index is 12.4. The quantitative estimate of drug-likeness (QED) is 0.643. The first-order valence-electron chi connectivity index (χ1n) is 5.88. The zero-order chi connectivity index (χ0) is 14.9. The number of nitro groups is 1.